The monoisotopic (exact) mass is 741 g/mol. The van der Waals surface area contributed by atoms with Crippen LogP contribution in [-0.2, 0) is 45.3 Å². The lowest BCUT2D eigenvalue weighted by molar-refractivity contribution is -0.253. The lowest BCUT2D eigenvalue weighted by atomic mass is 9.98. The molecule has 0 aromatic heterocycles. The number of ether oxygens (including phenoxy) is 2. The Labute approximate surface area is 323 Å². The van der Waals surface area contributed by atoms with Gasteiger partial charge in [-0.15, -0.1) is 0 Å². The van der Waals surface area contributed by atoms with Crippen LogP contribution in [0.4, 0.5) is 0 Å². The molecule has 3 atom stereocenters. The lowest BCUT2D eigenvalue weighted by Crippen LogP contribution is -2.39. The average molecular weight is 742 g/mol. The van der Waals surface area contributed by atoms with Crippen molar-refractivity contribution in [2.45, 2.75) is 83.3 Å². The number of benzene rings is 5. The molecule has 6 rings (SSSR count). The van der Waals surface area contributed by atoms with E-state index in [1.807, 2.05) is 48.5 Å². The Kier molecular flexibility index (Phi) is 14.7. The maximum Gasteiger partial charge on any atom is 0.243 e. The number of carbonyl (C=O) groups is 2. The van der Waals surface area contributed by atoms with E-state index in [1.54, 1.807) is 5.48 Å². The third kappa shape index (κ3) is 12.2. The summed E-state index contributed by atoms with van der Waals surface area (Å²) in [5.74, 6) is -0.437. The van der Waals surface area contributed by atoms with E-state index in [4.69, 9.17) is 14.7 Å². The van der Waals surface area contributed by atoms with Crippen LogP contribution in [0.1, 0.15) is 84.3 Å². The first-order chi connectivity index (χ1) is 26.9. The van der Waals surface area contributed by atoms with Gasteiger partial charge in [-0.1, -0.05) is 134 Å². The van der Waals surface area contributed by atoms with Crippen LogP contribution in [0.3, 0.4) is 0 Å². The number of hydrogen-bond acceptors (Lipinski definition) is 7. The minimum absolute atomic E-state index is 0.00545. The molecule has 0 aliphatic carbocycles. The molecule has 1 aliphatic heterocycles. The molecule has 2 amide bonds. The smallest absolute Gasteiger partial charge is 0.243 e. The molecule has 5 aromatic carbocycles. The zero-order valence-corrected chi connectivity index (χ0v) is 31.2. The van der Waals surface area contributed by atoms with Crippen LogP contribution in [0, 0.1) is 0 Å². The molecule has 1 heterocycles. The SMILES string of the molecule is O=C(CCCCCC(=O)NCc1cccc(-c2ccc(C3OC(CN(Cc4ccccc4)Cc4ccccc4)CC(c4ccc(CO)cc4)O3)cc2)c1)NO. The molecule has 4 N–H and O–H groups in total. The number of hydroxylamine groups is 1. The quantitative estimate of drug-likeness (QED) is 0.0407. The summed E-state index contributed by atoms with van der Waals surface area (Å²) < 4.78 is 13.5. The van der Waals surface area contributed by atoms with Crippen LogP contribution < -0.4 is 10.8 Å². The lowest BCUT2D eigenvalue weighted by Gasteiger charge is -2.38. The third-order valence-corrected chi connectivity index (χ3v) is 9.94. The van der Waals surface area contributed by atoms with E-state index < -0.39 is 12.2 Å². The van der Waals surface area contributed by atoms with Crippen molar-refractivity contribution >= 4 is 11.8 Å². The van der Waals surface area contributed by atoms with Gasteiger partial charge in [-0.2, -0.15) is 0 Å². The first-order valence-electron chi connectivity index (χ1n) is 19.2. The van der Waals surface area contributed by atoms with Crippen molar-refractivity contribution in [3.05, 3.63) is 167 Å². The molecule has 0 spiro atoms. The van der Waals surface area contributed by atoms with Gasteiger partial charge in [0.1, 0.15) is 0 Å². The Bertz CT molecular complexity index is 1880. The van der Waals surface area contributed by atoms with Gasteiger partial charge >= 0.3 is 0 Å². The highest BCUT2D eigenvalue weighted by Gasteiger charge is 2.33. The Hall–Kier alpha value is -5.16. The van der Waals surface area contributed by atoms with Gasteiger partial charge < -0.3 is 19.9 Å². The van der Waals surface area contributed by atoms with Gasteiger partial charge in [0, 0.05) is 51.0 Å². The largest absolute Gasteiger partial charge is 0.392 e. The average Bonchev–Trinajstić information content (AvgIpc) is 3.23. The standard InChI is InChI=1S/C46H51N3O6/c50-33-36-19-21-39(22-20-36)43-28-42(32-49(30-34-11-4-1-5-12-34)31-35-13-6-2-7-14-35)54-46(55-43)40-25-23-38(24-26-40)41-16-10-15-37(27-41)29-47-44(51)17-8-3-9-18-45(52)48-53/h1-2,4-7,10-16,19-27,42-43,46,50,53H,3,8-9,17-18,28-33H2,(H,47,51)(H,48,52). The number of hydrogen-bond donors (Lipinski definition) is 4. The van der Waals surface area contributed by atoms with E-state index in [-0.39, 0.29) is 31.1 Å². The topological polar surface area (TPSA) is 120 Å². The molecule has 0 bridgehead atoms. The maximum atomic E-state index is 12.4. The highest BCUT2D eigenvalue weighted by atomic mass is 16.7. The molecule has 9 heteroatoms. The van der Waals surface area contributed by atoms with E-state index in [0.29, 0.717) is 32.2 Å². The van der Waals surface area contributed by atoms with Crippen LogP contribution in [0.5, 0.6) is 0 Å². The molecule has 0 saturated carbocycles. The Balaban J connectivity index is 1.13. The summed E-state index contributed by atoms with van der Waals surface area (Å²) in [5.41, 5.74) is 10.1. The summed E-state index contributed by atoms with van der Waals surface area (Å²) in [7, 11) is 0. The predicted octanol–water partition coefficient (Wildman–Crippen LogP) is 8.17. The normalized spacial score (nSPS) is 16.8. The first kappa shape index (κ1) is 39.5. The molecule has 9 nitrogen and oxygen atoms in total. The summed E-state index contributed by atoms with van der Waals surface area (Å²) >= 11 is 0. The molecular weight excluding hydrogens is 691 g/mol. The molecular formula is C46H51N3O6. The van der Waals surface area contributed by atoms with Gasteiger partial charge in [0.2, 0.25) is 11.8 Å². The summed E-state index contributed by atoms with van der Waals surface area (Å²) in [6, 6.07) is 45.5. The zero-order valence-electron chi connectivity index (χ0n) is 31.2. The van der Waals surface area contributed by atoms with Gasteiger partial charge in [0.05, 0.1) is 18.8 Å². The second-order valence-corrected chi connectivity index (χ2v) is 14.2. The number of nitrogens with one attached hydrogen (secondary N) is 2. The molecule has 1 fully saturated rings. The first-order valence-corrected chi connectivity index (χ1v) is 19.2. The molecule has 3 unspecified atom stereocenters. The van der Waals surface area contributed by atoms with E-state index in [1.165, 1.54) is 11.1 Å². The number of aliphatic hydroxyl groups excluding tert-OH is 1. The Morgan fingerprint density at radius 2 is 1.25 bits per heavy atom. The summed E-state index contributed by atoms with van der Waals surface area (Å²) in [5, 5.41) is 21.3. The van der Waals surface area contributed by atoms with E-state index >= 15 is 0 Å². The van der Waals surface area contributed by atoms with E-state index in [0.717, 1.165) is 59.4 Å². The van der Waals surface area contributed by atoms with Crippen molar-refractivity contribution in [3.63, 3.8) is 0 Å². The van der Waals surface area contributed by atoms with Crippen LogP contribution in [0.15, 0.2) is 133 Å². The van der Waals surface area contributed by atoms with Crippen molar-refractivity contribution in [1.82, 2.24) is 15.7 Å². The van der Waals surface area contributed by atoms with Crippen LogP contribution in [-0.4, -0.2) is 39.7 Å². The third-order valence-electron chi connectivity index (χ3n) is 9.94. The number of rotatable bonds is 18. The van der Waals surface area contributed by atoms with Crippen LogP contribution in [0.25, 0.3) is 11.1 Å². The molecule has 1 saturated heterocycles. The van der Waals surface area contributed by atoms with E-state index in [2.05, 4.69) is 95.1 Å². The van der Waals surface area contributed by atoms with Crippen molar-refractivity contribution in [2.75, 3.05) is 6.54 Å². The summed E-state index contributed by atoms with van der Waals surface area (Å²) in [6.07, 6.45) is 2.52. The molecule has 0 radical (unpaired) electrons. The van der Waals surface area contributed by atoms with Gasteiger partial charge in [-0.3, -0.25) is 19.7 Å². The predicted molar refractivity (Wildman–Crippen MR) is 212 cm³/mol. The number of nitrogens with zero attached hydrogens (tertiary/aromatic N) is 1. The molecule has 55 heavy (non-hydrogen) atoms. The highest BCUT2D eigenvalue weighted by Crippen LogP contribution is 2.39. The summed E-state index contributed by atoms with van der Waals surface area (Å²) in [6.45, 7) is 2.73. The zero-order chi connectivity index (χ0) is 38.2. The number of aliphatic hydroxyl groups is 1. The Morgan fingerprint density at radius 3 is 1.89 bits per heavy atom. The van der Waals surface area contributed by atoms with Crippen molar-refractivity contribution in [1.29, 1.82) is 0 Å². The van der Waals surface area contributed by atoms with Gasteiger partial charge in [0.25, 0.3) is 0 Å². The minimum Gasteiger partial charge on any atom is -0.392 e. The molecule has 1 aliphatic rings. The fourth-order valence-electron chi connectivity index (χ4n) is 6.98. The van der Waals surface area contributed by atoms with Crippen molar-refractivity contribution in [3.8, 4) is 11.1 Å². The van der Waals surface area contributed by atoms with Crippen molar-refractivity contribution in [2.24, 2.45) is 0 Å². The van der Waals surface area contributed by atoms with Crippen molar-refractivity contribution < 1.29 is 29.4 Å². The van der Waals surface area contributed by atoms with E-state index in [9.17, 15) is 14.7 Å². The fraction of sp³-hybridized carbons (Fsp3) is 0.304. The fourth-order valence-corrected chi connectivity index (χ4v) is 6.98. The van der Waals surface area contributed by atoms with Gasteiger partial charge in [-0.25, -0.2) is 5.48 Å². The highest BCUT2D eigenvalue weighted by molar-refractivity contribution is 5.76. The second kappa shape index (κ2) is 20.5. The second-order valence-electron chi connectivity index (χ2n) is 14.2. The summed E-state index contributed by atoms with van der Waals surface area (Å²) in [4.78, 5) is 26.0. The Morgan fingerprint density at radius 1 is 0.636 bits per heavy atom. The van der Waals surface area contributed by atoms with Crippen LogP contribution in [0.2, 0.25) is 0 Å². The number of amides is 2. The van der Waals surface area contributed by atoms with Crippen LogP contribution >= 0.6 is 0 Å². The molecule has 286 valence electrons. The maximum absolute atomic E-state index is 12.4. The number of unbranched alkanes of at least 4 members (excludes halogenated alkanes) is 2. The van der Waals surface area contributed by atoms with Gasteiger partial charge in [0.15, 0.2) is 6.29 Å². The number of carbonyl (C=O) groups excluding carboxylic acids is 2. The molecule has 5 aromatic rings. The van der Waals surface area contributed by atoms with Gasteiger partial charge in [-0.05, 0) is 57.9 Å². The minimum atomic E-state index is -0.570.